The van der Waals surface area contributed by atoms with Crippen LogP contribution in [-0.4, -0.2) is 20.6 Å². The lowest BCUT2D eigenvalue weighted by molar-refractivity contribution is 0.647. The van der Waals surface area contributed by atoms with E-state index in [4.69, 9.17) is 0 Å². The van der Waals surface area contributed by atoms with Crippen molar-refractivity contribution < 1.29 is 0 Å². The van der Waals surface area contributed by atoms with E-state index in [1.165, 1.54) is 12.0 Å². The largest absolute Gasteiger partial charge is 0.365 e. The van der Waals surface area contributed by atoms with Crippen LogP contribution in [0, 0.1) is 11.3 Å². The number of benzene rings is 1. The minimum absolute atomic E-state index is 0.234. The predicted octanol–water partition coefficient (Wildman–Crippen LogP) is 4.07. The van der Waals surface area contributed by atoms with Crippen molar-refractivity contribution in [2.45, 2.75) is 51.6 Å². The molecule has 4 rings (SSSR count). The number of nitrogens with zero attached hydrogens (tertiary/aromatic N) is 4. The van der Waals surface area contributed by atoms with Gasteiger partial charge in [-0.2, -0.15) is 5.26 Å². The van der Waals surface area contributed by atoms with E-state index in [0.29, 0.717) is 0 Å². The van der Waals surface area contributed by atoms with E-state index < -0.39 is 0 Å². The van der Waals surface area contributed by atoms with Gasteiger partial charge in [0.05, 0.1) is 5.56 Å². The molecule has 0 radical (unpaired) electrons. The van der Waals surface area contributed by atoms with Gasteiger partial charge in [-0.05, 0) is 38.2 Å². The van der Waals surface area contributed by atoms with Gasteiger partial charge in [-0.3, -0.25) is 0 Å². The highest BCUT2D eigenvalue weighted by molar-refractivity contribution is 5.92. The van der Waals surface area contributed by atoms with Crippen molar-refractivity contribution in [3.05, 3.63) is 53.5 Å². The van der Waals surface area contributed by atoms with Crippen molar-refractivity contribution in [1.29, 1.82) is 5.26 Å². The summed E-state index contributed by atoms with van der Waals surface area (Å²) in [5.74, 6) is 0.836. The Morgan fingerprint density at radius 1 is 1.19 bits per heavy atom. The fourth-order valence-corrected chi connectivity index (χ4v) is 3.95. The molecule has 2 aromatic heterocycles. The summed E-state index contributed by atoms with van der Waals surface area (Å²) in [5.41, 5.74) is 4.92. The van der Waals surface area contributed by atoms with E-state index in [1.807, 2.05) is 6.07 Å². The van der Waals surface area contributed by atoms with Gasteiger partial charge in [-0.15, -0.1) is 0 Å². The molecule has 0 spiro atoms. The van der Waals surface area contributed by atoms with Gasteiger partial charge in [0.1, 0.15) is 23.4 Å². The first-order chi connectivity index (χ1) is 12.8. The standard InChI is InChI=1S/C21H23N5/c1-15(12-16-8-4-2-5-9-16)25-21-20-19(23-14-24-21)17(13-22)18-10-6-3-7-11-26(18)20/h2,4-5,8-9,14-15H,3,6-7,10-12H2,1H3,(H,23,24,25). The molecule has 5 heteroatoms. The number of nitrogens with one attached hydrogen (secondary N) is 1. The van der Waals surface area contributed by atoms with Gasteiger partial charge in [0.2, 0.25) is 0 Å². The predicted molar refractivity (Wildman–Crippen MR) is 103 cm³/mol. The number of nitriles is 1. The molecule has 26 heavy (non-hydrogen) atoms. The minimum Gasteiger partial charge on any atom is -0.365 e. The highest BCUT2D eigenvalue weighted by atomic mass is 15.1. The van der Waals surface area contributed by atoms with Gasteiger partial charge < -0.3 is 9.88 Å². The average molecular weight is 345 g/mol. The summed E-state index contributed by atoms with van der Waals surface area (Å²) in [7, 11) is 0. The van der Waals surface area contributed by atoms with E-state index in [0.717, 1.165) is 60.3 Å². The van der Waals surface area contributed by atoms with Crippen LogP contribution in [0.5, 0.6) is 0 Å². The second kappa shape index (κ2) is 7.17. The molecule has 0 saturated heterocycles. The average Bonchev–Trinajstić information content (AvgIpc) is 2.79. The number of anilines is 1. The normalized spacial score (nSPS) is 15.1. The Kier molecular flexibility index (Phi) is 4.57. The first kappa shape index (κ1) is 16.6. The van der Waals surface area contributed by atoms with Gasteiger partial charge in [0.15, 0.2) is 5.82 Å². The molecule has 1 unspecified atom stereocenters. The van der Waals surface area contributed by atoms with Crippen LogP contribution in [0.4, 0.5) is 5.82 Å². The Morgan fingerprint density at radius 2 is 2.04 bits per heavy atom. The van der Waals surface area contributed by atoms with E-state index in [1.54, 1.807) is 6.33 Å². The highest BCUT2D eigenvalue weighted by Gasteiger charge is 2.23. The topological polar surface area (TPSA) is 66.5 Å². The molecule has 0 aliphatic carbocycles. The Bertz CT molecular complexity index is 952. The van der Waals surface area contributed by atoms with Crippen LogP contribution in [0.1, 0.15) is 43.0 Å². The molecule has 1 aliphatic heterocycles. The van der Waals surface area contributed by atoms with Gasteiger partial charge >= 0.3 is 0 Å². The third-order valence-corrected chi connectivity index (χ3v) is 5.12. The lowest BCUT2D eigenvalue weighted by atomic mass is 10.1. The van der Waals surface area contributed by atoms with Gasteiger partial charge in [-0.25, -0.2) is 9.97 Å². The van der Waals surface area contributed by atoms with E-state index in [-0.39, 0.29) is 6.04 Å². The third-order valence-electron chi connectivity index (χ3n) is 5.12. The zero-order chi connectivity index (χ0) is 17.9. The van der Waals surface area contributed by atoms with Crippen LogP contribution in [-0.2, 0) is 19.4 Å². The fraction of sp³-hybridized carbons (Fsp3) is 0.381. The molecule has 0 fully saturated rings. The lowest BCUT2D eigenvalue weighted by Gasteiger charge is -2.16. The maximum Gasteiger partial charge on any atom is 0.154 e. The SMILES string of the molecule is CC(Cc1ccccc1)Nc1ncnc2c(C#N)c3n(c12)CCCCC3. The van der Waals surface area contributed by atoms with Crippen LogP contribution in [0.15, 0.2) is 36.7 Å². The third kappa shape index (κ3) is 3.03. The Hall–Kier alpha value is -2.87. The van der Waals surface area contributed by atoms with Crippen molar-refractivity contribution >= 4 is 16.9 Å². The monoisotopic (exact) mass is 345 g/mol. The summed E-state index contributed by atoms with van der Waals surface area (Å²) >= 11 is 0. The maximum atomic E-state index is 9.70. The highest BCUT2D eigenvalue weighted by Crippen LogP contribution is 2.32. The number of hydrogen-bond acceptors (Lipinski definition) is 4. The molecule has 0 bridgehead atoms. The fourth-order valence-electron chi connectivity index (χ4n) is 3.95. The Morgan fingerprint density at radius 3 is 2.85 bits per heavy atom. The quantitative estimate of drug-likeness (QED) is 0.774. The summed E-state index contributed by atoms with van der Waals surface area (Å²) in [6.45, 7) is 3.10. The summed E-state index contributed by atoms with van der Waals surface area (Å²) in [6.07, 6.45) is 6.90. The summed E-state index contributed by atoms with van der Waals surface area (Å²) in [5, 5.41) is 13.3. The second-order valence-electron chi connectivity index (χ2n) is 7.05. The lowest BCUT2D eigenvalue weighted by Crippen LogP contribution is -2.19. The van der Waals surface area contributed by atoms with Crippen molar-refractivity contribution in [2.75, 3.05) is 5.32 Å². The number of rotatable bonds is 4. The molecule has 1 aliphatic rings. The zero-order valence-corrected chi connectivity index (χ0v) is 15.1. The Labute approximate surface area is 153 Å². The van der Waals surface area contributed by atoms with Crippen LogP contribution in [0.3, 0.4) is 0 Å². The molecule has 1 aromatic carbocycles. The number of hydrogen-bond donors (Lipinski definition) is 1. The van der Waals surface area contributed by atoms with Gasteiger partial charge in [0, 0.05) is 18.3 Å². The summed E-state index contributed by atoms with van der Waals surface area (Å²) < 4.78 is 2.28. The molecular weight excluding hydrogens is 322 g/mol. The van der Waals surface area contributed by atoms with E-state index >= 15 is 0 Å². The summed E-state index contributed by atoms with van der Waals surface area (Å²) in [6, 6.07) is 13.1. The van der Waals surface area contributed by atoms with Crippen LogP contribution >= 0.6 is 0 Å². The molecule has 5 nitrogen and oxygen atoms in total. The van der Waals surface area contributed by atoms with Gasteiger partial charge in [0.25, 0.3) is 0 Å². The first-order valence-electron chi connectivity index (χ1n) is 9.34. The van der Waals surface area contributed by atoms with Crippen molar-refractivity contribution in [3.8, 4) is 6.07 Å². The molecular formula is C21H23N5. The van der Waals surface area contributed by atoms with Crippen LogP contribution in [0.25, 0.3) is 11.0 Å². The number of aromatic nitrogens is 3. The Balaban J connectivity index is 1.71. The van der Waals surface area contributed by atoms with Crippen molar-refractivity contribution in [3.63, 3.8) is 0 Å². The van der Waals surface area contributed by atoms with Crippen LogP contribution < -0.4 is 5.32 Å². The number of fused-ring (bicyclic) bond motifs is 3. The molecule has 132 valence electrons. The molecule has 1 N–H and O–H groups in total. The second-order valence-corrected chi connectivity index (χ2v) is 7.05. The van der Waals surface area contributed by atoms with Gasteiger partial charge in [-0.1, -0.05) is 36.8 Å². The zero-order valence-electron chi connectivity index (χ0n) is 15.1. The molecule has 0 amide bonds. The van der Waals surface area contributed by atoms with E-state index in [2.05, 4.69) is 57.1 Å². The molecule has 3 heterocycles. The smallest absolute Gasteiger partial charge is 0.154 e. The minimum atomic E-state index is 0.234. The van der Waals surface area contributed by atoms with Crippen LogP contribution in [0.2, 0.25) is 0 Å². The molecule has 0 saturated carbocycles. The maximum absolute atomic E-state index is 9.70. The van der Waals surface area contributed by atoms with Crippen molar-refractivity contribution in [1.82, 2.24) is 14.5 Å². The molecule has 1 atom stereocenters. The number of aryl methyl sites for hydroxylation is 1. The van der Waals surface area contributed by atoms with Crippen molar-refractivity contribution in [2.24, 2.45) is 0 Å². The summed E-state index contributed by atoms with van der Waals surface area (Å²) in [4.78, 5) is 8.97. The molecule has 3 aromatic rings. The first-order valence-corrected chi connectivity index (χ1v) is 9.34. The van der Waals surface area contributed by atoms with E-state index in [9.17, 15) is 5.26 Å².